The number of hydrogen-bond donors (Lipinski definition) is 0. The van der Waals surface area contributed by atoms with Crippen molar-refractivity contribution in [2.24, 2.45) is 0 Å². The highest BCUT2D eigenvalue weighted by Gasteiger charge is 2.34. The summed E-state index contributed by atoms with van der Waals surface area (Å²) in [5.74, 6) is -2.34. The summed E-state index contributed by atoms with van der Waals surface area (Å²) < 4.78 is 57.8. The van der Waals surface area contributed by atoms with Crippen molar-refractivity contribution in [2.45, 2.75) is 11.9 Å². The van der Waals surface area contributed by atoms with Gasteiger partial charge in [0.25, 0.3) is 0 Å². The molecule has 0 saturated heterocycles. The Labute approximate surface area is 85.6 Å². The summed E-state index contributed by atoms with van der Waals surface area (Å²) in [7, 11) is -4.12. The smallest absolute Gasteiger partial charge is 0.228 e. The lowest BCUT2D eigenvalue weighted by molar-refractivity contribution is -0.106. The third-order valence-electron chi connectivity index (χ3n) is 1.61. The Hall–Kier alpha value is -1.04. The van der Waals surface area contributed by atoms with Crippen LogP contribution in [0.3, 0.4) is 0 Å². The van der Waals surface area contributed by atoms with E-state index >= 15 is 0 Å². The van der Waals surface area contributed by atoms with Crippen LogP contribution in [0.1, 0.15) is 5.56 Å². The van der Waals surface area contributed by atoms with E-state index in [1.807, 2.05) is 0 Å². The molecule has 0 aliphatic rings. The Morgan fingerprint density at radius 3 is 2.07 bits per heavy atom. The summed E-state index contributed by atoms with van der Waals surface area (Å²) in [5, 5.41) is 0. The molecular formula is C9H9F3O2S. The predicted molar refractivity (Wildman–Crippen MR) is 50.0 cm³/mol. The average molecular weight is 238 g/mol. The van der Waals surface area contributed by atoms with E-state index in [-0.39, 0.29) is 0 Å². The van der Waals surface area contributed by atoms with Crippen LogP contribution in [0, 0.1) is 0 Å². The van der Waals surface area contributed by atoms with Crippen molar-refractivity contribution in [1.29, 1.82) is 0 Å². The van der Waals surface area contributed by atoms with Crippen molar-refractivity contribution in [3.8, 4) is 0 Å². The van der Waals surface area contributed by atoms with E-state index in [2.05, 4.69) is 0 Å². The summed E-state index contributed by atoms with van der Waals surface area (Å²) in [4.78, 5) is 0. The molecule has 0 amide bonds. The van der Waals surface area contributed by atoms with Crippen molar-refractivity contribution in [3.63, 3.8) is 0 Å². The first-order valence-electron chi connectivity index (χ1n) is 4.10. The second-order valence-corrected chi connectivity index (χ2v) is 5.20. The van der Waals surface area contributed by atoms with Crippen LogP contribution < -0.4 is 0 Å². The highest BCUT2D eigenvalue weighted by molar-refractivity contribution is 7.90. The van der Waals surface area contributed by atoms with Gasteiger partial charge in [-0.25, -0.2) is 8.42 Å². The quantitative estimate of drug-likeness (QED) is 0.808. The van der Waals surface area contributed by atoms with Crippen LogP contribution in [-0.2, 0) is 15.6 Å². The number of halogens is 3. The molecule has 2 nitrogen and oxygen atoms in total. The van der Waals surface area contributed by atoms with E-state index in [0.29, 0.717) is 5.56 Å². The van der Waals surface area contributed by atoms with Crippen LogP contribution in [-0.4, -0.2) is 20.3 Å². The van der Waals surface area contributed by atoms with Gasteiger partial charge in [-0.15, -0.1) is 0 Å². The zero-order valence-electron chi connectivity index (χ0n) is 7.66. The topological polar surface area (TPSA) is 34.1 Å². The summed E-state index contributed by atoms with van der Waals surface area (Å²) in [5.41, 5.74) is 0.363. The first-order chi connectivity index (χ1) is 6.79. The normalized spacial score (nSPS) is 12.7. The van der Waals surface area contributed by atoms with Gasteiger partial charge in [0.1, 0.15) is 5.75 Å². The average Bonchev–Trinajstić information content (AvgIpc) is 1.99. The van der Waals surface area contributed by atoms with Crippen LogP contribution in [0.4, 0.5) is 13.2 Å². The number of hydrogen-bond acceptors (Lipinski definition) is 2. The molecule has 0 atom stereocenters. The van der Waals surface area contributed by atoms with E-state index in [0.717, 1.165) is 0 Å². The van der Waals surface area contributed by atoms with E-state index in [1.165, 1.54) is 12.1 Å². The minimum absolute atomic E-state index is 0.363. The Morgan fingerprint density at radius 1 is 1.07 bits per heavy atom. The van der Waals surface area contributed by atoms with Gasteiger partial charge in [0, 0.05) is 0 Å². The van der Waals surface area contributed by atoms with E-state index < -0.39 is 27.5 Å². The molecule has 0 N–H and O–H groups in total. The van der Waals surface area contributed by atoms with Crippen molar-refractivity contribution < 1.29 is 21.6 Å². The van der Waals surface area contributed by atoms with Crippen molar-refractivity contribution in [2.75, 3.05) is 5.75 Å². The molecule has 6 heteroatoms. The minimum atomic E-state index is -4.67. The number of benzene rings is 1. The maximum atomic E-state index is 11.9. The minimum Gasteiger partial charge on any atom is -0.228 e. The highest BCUT2D eigenvalue weighted by Crippen LogP contribution is 2.19. The molecule has 1 rings (SSSR count). The van der Waals surface area contributed by atoms with Gasteiger partial charge in [-0.2, -0.15) is 13.2 Å². The summed E-state index contributed by atoms with van der Waals surface area (Å²) in [6.07, 6.45) is -4.67. The van der Waals surface area contributed by atoms with Gasteiger partial charge in [-0.05, 0) is 5.56 Å². The first kappa shape index (κ1) is 12.0. The summed E-state index contributed by atoms with van der Waals surface area (Å²) in [6, 6.07) is 7.79. The number of alkyl halides is 3. The molecule has 0 aliphatic carbocycles. The van der Waals surface area contributed by atoms with Crippen LogP contribution in [0.2, 0.25) is 0 Å². The largest absolute Gasteiger partial charge is 0.402 e. The molecule has 0 aliphatic heterocycles. The molecule has 0 aromatic heterocycles. The Balaban J connectivity index is 2.74. The van der Waals surface area contributed by atoms with E-state index in [9.17, 15) is 21.6 Å². The van der Waals surface area contributed by atoms with Gasteiger partial charge in [-0.3, -0.25) is 0 Å². The fourth-order valence-electron chi connectivity index (χ4n) is 1.13. The lowest BCUT2D eigenvalue weighted by atomic mass is 10.2. The molecule has 84 valence electrons. The van der Waals surface area contributed by atoms with Gasteiger partial charge >= 0.3 is 6.18 Å². The van der Waals surface area contributed by atoms with Crippen LogP contribution in [0.5, 0.6) is 0 Å². The molecule has 0 unspecified atom stereocenters. The summed E-state index contributed by atoms with van der Waals surface area (Å²) in [6.45, 7) is 0. The Morgan fingerprint density at radius 2 is 1.60 bits per heavy atom. The van der Waals surface area contributed by atoms with Crippen LogP contribution in [0.15, 0.2) is 30.3 Å². The molecule has 15 heavy (non-hydrogen) atoms. The van der Waals surface area contributed by atoms with Crippen molar-refractivity contribution >= 4 is 9.84 Å². The molecule has 1 aromatic carbocycles. The van der Waals surface area contributed by atoms with Crippen molar-refractivity contribution in [3.05, 3.63) is 35.9 Å². The third kappa shape index (κ3) is 4.83. The lowest BCUT2D eigenvalue weighted by Gasteiger charge is -2.07. The van der Waals surface area contributed by atoms with Gasteiger partial charge < -0.3 is 0 Å². The molecule has 0 fully saturated rings. The second-order valence-electron chi connectivity index (χ2n) is 3.13. The molecule has 1 aromatic rings. The molecular weight excluding hydrogens is 229 g/mol. The maximum absolute atomic E-state index is 11.9. The predicted octanol–water partition coefficient (Wildman–Crippen LogP) is 2.16. The fourth-order valence-corrected chi connectivity index (χ4v) is 2.43. The van der Waals surface area contributed by atoms with Crippen LogP contribution in [0.25, 0.3) is 0 Å². The molecule has 0 heterocycles. The maximum Gasteiger partial charge on any atom is 0.402 e. The van der Waals surface area contributed by atoms with Gasteiger partial charge in [0.15, 0.2) is 9.84 Å². The molecule has 0 spiro atoms. The van der Waals surface area contributed by atoms with Crippen molar-refractivity contribution in [1.82, 2.24) is 0 Å². The highest BCUT2D eigenvalue weighted by atomic mass is 32.2. The molecule has 0 saturated carbocycles. The van der Waals surface area contributed by atoms with Gasteiger partial charge in [0.2, 0.25) is 0 Å². The van der Waals surface area contributed by atoms with Gasteiger partial charge in [0.05, 0.1) is 5.75 Å². The number of sulfone groups is 1. The zero-order valence-corrected chi connectivity index (χ0v) is 8.48. The molecule has 0 radical (unpaired) electrons. The second kappa shape index (κ2) is 4.22. The van der Waals surface area contributed by atoms with E-state index in [1.54, 1.807) is 18.2 Å². The fraction of sp³-hybridized carbons (Fsp3) is 0.333. The first-order valence-corrected chi connectivity index (χ1v) is 5.92. The third-order valence-corrected chi connectivity index (χ3v) is 3.15. The SMILES string of the molecule is O=S(=O)(Cc1ccccc1)CC(F)(F)F. The standard InChI is InChI=1S/C9H9F3O2S/c10-9(11,12)7-15(13,14)6-8-4-2-1-3-5-8/h1-5H,6-7H2. The van der Waals surface area contributed by atoms with Crippen LogP contribution >= 0.6 is 0 Å². The number of rotatable bonds is 3. The Kier molecular flexibility index (Phi) is 3.38. The monoisotopic (exact) mass is 238 g/mol. The summed E-state index contributed by atoms with van der Waals surface area (Å²) >= 11 is 0. The Bertz CT molecular complexity index is 409. The zero-order chi connectivity index (χ0) is 11.5. The lowest BCUT2D eigenvalue weighted by Crippen LogP contribution is -2.23. The van der Waals surface area contributed by atoms with E-state index in [4.69, 9.17) is 0 Å². The van der Waals surface area contributed by atoms with Gasteiger partial charge in [-0.1, -0.05) is 30.3 Å². The molecule has 0 bridgehead atoms.